The molecule has 0 aliphatic heterocycles. The number of thioether (sulfide) groups is 1. The van der Waals surface area contributed by atoms with Gasteiger partial charge in [0.2, 0.25) is 5.91 Å². The van der Waals surface area contributed by atoms with E-state index in [0.29, 0.717) is 5.02 Å². The van der Waals surface area contributed by atoms with E-state index in [-0.39, 0.29) is 11.2 Å². The average molecular weight is 349 g/mol. The predicted molar refractivity (Wildman–Crippen MR) is 93.7 cm³/mol. The number of aromatic nitrogens is 1. The van der Waals surface area contributed by atoms with E-state index in [1.165, 1.54) is 11.8 Å². The molecule has 112 valence electrons. The molecule has 1 heterocycles. The van der Waals surface area contributed by atoms with E-state index in [9.17, 15) is 4.79 Å². The highest BCUT2D eigenvalue weighted by Gasteiger charge is 2.22. The van der Waals surface area contributed by atoms with Gasteiger partial charge in [-0.3, -0.25) is 4.79 Å². The van der Waals surface area contributed by atoms with Crippen molar-refractivity contribution < 1.29 is 4.79 Å². The van der Waals surface area contributed by atoms with Crippen molar-refractivity contribution in [1.29, 1.82) is 0 Å². The molecule has 0 spiro atoms. The van der Waals surface area contributed by atoms with Gasteiger partial charge in [-0.25, -0.2) is 4.98 Å². The Bertz CT molecular complexity index is 804. The lowest BCUT2D eigenvalue weighted by atomic mass is 10.1. The van der Waals surface area contributed by atoms with Crippen molar-refractivity contribution in [3.8, 4) is 0 Å². The van der Waals surface area contributed by atoms with Crippen LogP contribution in [-0.2, 0) is 4.79 Å². The Morgan fingerprint density at radius 1 is 1.27 bits per heavy atom. The Kier molecular flexibility index (Phi) is 4.66. The van der Waals surface area contributed by atoms with Crippen LogP contribution in [0.2, 0.25) is 5.02 Å². The lowest BCUT2D eigenvalue weighted by Crippen LogP contribution is -2.23. The molecule has 3 aromatic rings. The van der Waals surface area contributed by atoms with Gasteiger partial charge >= 0.3 is 0 Å². The van der Waals surface area contributed by atoms with E-state index in [1.807, 2.05) is 48.5 Å². The summed E-state index contributed by atoms with van der Waals surface area (Å²) in [6, 6.07) is 15.4. The normalized spacial score (nSPS) is 12.3. The van der Waals surface area contributed by atoms with Crippen LogP contribution in [0, 0.1) is 0 Å². The second-order valence-corrected chi connectivity index (χ2v) is 7.43. The van der Waals surface area contributed by atoms with Crippen LogP contribution in [0.25, 0.3) is 10.2 Å². The predicted octanol–water partition coefficient (Wildman–Crippen LogP) is 4.53. The van der Waals surface area contributed by atoms with Crippen LogP contribution in [0.3, 0.4) is 0 Å². The van der Waals surface area contributed by atoms with Crippen LogP contribution in [0.1, 0.15) is 10.8 Å². The van der Waals surface area contributed by atoms with Crippen molar-refractivity contribution in [2.75, 3.05) is 7.05 Å². The lowest BCUT2D eigenvalue weighted by Gasteiger charge is -2.13. The fourth-order valence-corrected chi connectivity index (χ4v) is 4.53. The van der Waals surface area contributed by atoms with Crippen molar-refractivity contribution in [2.24, 2.45) is 0 Å². The fraction of sp³-hybridized carbons (Fsp3) is 0.125. The summed E-state index contributed by atoms with van der Waals surface area (Å²) in [7, 11) is 1.65. The minimum atomic E-state index is -0.317. The summed E-state index contributed by atoms with van der Waals surface area (Å²) in [4.78, 5) is 16.8. The number of rotatable bonds is 4. The van der Waals surface area contributed by atoms with Crippen LogP contribution in [-0.4, -0.2) is 17.9 Å². The number of benzene rings is 2. The Morgan fingerprint density at radius 3 is 2.77 bits per heavy atom. The number of carbonyl (C=O) groups excluding carboxylic acids is 1. The smallest absolute Gasteiger partial charge is 0.237 e. The number of amides is 1. The number of nitrogens with one attached hydrogen (secondary N) is 1. The van der Waals surface area contributed by atoms with Crippen LogP contribution in [0.15, 0.2) is 52.9 Å². The molecule has 0 bridgehead atoms. The molecule has 0 saturated heterocycles. The van der Waals surface area contributed by atoms with Gasteiger partial charge < -0.3 is 5.32 Å². The minimum absolute atomic E-state index is 0.0338. The highest BCUT2D eigenvalue weighted by atomic mass is 35.5. The zero-order valence-electron chi connectivity index (χ0n) is 11.7. The van der Waals surface area contributed by atoms with Gasteiger partial charge in [0.1, 0.15) is 5.25 Å². The maximum Gasteiger partial charge on any atom is 0.237 e. The third-order valence-corrected chi connectivity index (χ3v) is 5.76. The Balaban J connectivity index is 1.93. The van der Waals surface area contributed by atoms with Gasteiger partial charge in [-0.2, -0.15) is 0 Å². The number of thiazole rings is 1. The molecule has 0 saturated carbocycles. The van der Waals surface area contributed by atoms with E-state index >= 15 is 0 Å². The van der Waals surface area contributed by atoms with Gasteiger partial charge in [0.05, 0.1) is 10.2 Å². The number of fused-ring (bicyclic) bond motifs is 1. The molecule has 1 unspecified atom stereocenters. The molecular weight excluding hydrogens is 336 g/mol. The van der Waals surface area contributed by atoms with Gasteiger partial charge in [0.15, 0.2) is 4.34 Å². The number of halogens is 1. The van der Waals surface area contributed by atoms with Crippen molar-refractivity contribution >= 4 is 50.8 Å². The van der Waals surface area contributed by atoms with Gasteiger partial charge in [-0.15, -0.1) is 11.3 Å². The first-order valence-electron chi connectivity index (χ1n) is 6.66. The number of hydrogen-bond donors (Lipinski definition) is 1. The zero-order chi connectivity index (χ0) is 15.5. The SMILES string of the molecule is CNC(=O)C(Sc1nc2cc(Cl)ccc2s1)c1ccccc1. The summed E-state index contributed by atoms with van der Waals surface area (Å²) < 4.78 is 1.92. The Hall–Kier alpha value is -1.56. The fourth-order valence-electron chi connectivity index (χ4n) is 2.06. The highest BCUT2D eigenvalue weighted by molar-refractivity contribution is 8.02. The maximum atomic E-state index is 12.2. The number of likely N-dealkylation sites (N-methyl/N-ethyl adjacent to an activating group) is 1. The van der Waals surface area contributed by atoms with E-state index in [4.69, 9.17) is 11.6 Å². The second kappa shape index (κ2) is 6.69. The summed E-state index contributed by atoms with van der Waals surface area (Å²) in [6.07, 6.45) is 0. The molecule has 1 N–H and O–H groups in total. The molecule has 22 heavy (non-hydrogen) atoms. The van der Waals surface area contributed by atoms with Crippen LogP contribution in [0.4, 0.5) is 0 Å². The molecule has 0 aliphatic carbocycles. The second-order valence-electron chi connectivity index (χ2n) is 4.61. The van der Waals surface area contributed by atoms with Gasteiger partial charge in [-0.1, -0.05) is 53.7 Å². The number of nitrogens with zero attached hydrogens (tertiary/aromatic N) is 1. The minimum Gasteiger partial charge on any atom is -0.358 e. The molecule has 3 nitrogen and oxygen atoms in total. The molecular formula is C16H13ClN2OS2. The van der Waals surface area contributed by atoms with Crippen molar-refractivity contribution in [1.82, 2.24) is 10.3 Å². The first kappa shape index (κ1) is 15.3. The third-order valence-electron chi connectivity index (χ3n) is 3.14. The quantitative estimate of drug-likeness (QED) is 0.704. The maximum absolute atomic E-state index is 12.2. The molecule has 0 radical (unpaired) electrons. The van der Waals surface area contributed by atoms with Crippen LogP contribution >= 0.6 is 34.7 Å². The van der Waals surface area contributed by atoms with Crippen LogP contribution < -0.4 is 5.32 Å². The zero-order valence-corrected chi connectivity index (χ0v) is 14.1. The summed E-state index contributed by atoms with van der Waals surface area (Å²) in [6.45, 7) is 0. The number of carbonyl (C=O) groups is 1. The molecule has 0 fully saturated rings. The average Bonchev–Trinajstić information content (AvgIpc) is 2.94. The molecule has 1 aromatic heterocycles. The van der Waals surface area contributed by atoms with Gasteiger partial charge in [-0.05, 0) is 23.8 Å². The summed E-state index contributed by atoms with van der Waals surface area (Å²) in [5.74, 6) is -0.0338. The summed E-state index contributed by atoms with van der Waals surface area (Å²) >= 11 is 9.02. The number of hydrogen-bond acceptors (Lipinski definition) is 4. The standard InChI is InChI=1S/C16H13ClN2OS2/c1-18-15(20)14(10-5-3-2-4-6-10)22-16-19-12-9-11(17)7-8-13(12)21-16/h2-9,14H,1H3,(H,18,20). The molecule has 6 heteroatoms. The Labute approximate surface area is 141 Å². The molecule has 0 aliphatic rings. The summed E-state index contributed by atoms with van der Waals surface area (Å²) in [5.41, 5.74) is 1.83. The molecule has 2 aromatic carbocycles. The first-order valence-corrected chi connectivity index (χ1v) is 8.74. The van der Waals surface area contributed by atoms with E-state index in [1.54, 1.807) is 18.4 Å². The van der Waals surface area contributed by atoms with Gasteiger partial charge in [0.25, 0.3) is 0 Å². The van der Waals surface area contributed by atoms with Crippen molar-refractivity contribution in [3.05, 3.63) is 59.1 Å². The van der Waals surface area contributed by atoms with Crippen molar-refractivity contribution in [2.45, 2.75) is 9.59 Å². The van der Waals surface area contributed by atoms with Gasteiger partial charge in [0, 0.05) is 12.1 Å². The van der Waals surface area contributed by atoms with E-state index in [0.717, 1.165) is 20.1 Å². The topological polar surface area (TPSA) is 42.0 Å². The van der Waals surface area contributed by atoms with E-state index < -0.39 is 0 Å². The summed E-state index contributed by atoms with van der Waals surface area (Å²) in [5, 5.41) is 3.07. The van der Waals surface area contributed by atoms with Crippen molar-refractivity contribution in [3.63, 3.8) is 0 Å². The third kappa shape index (κ3) is 3.27. The Morgan fingerprint density at radius 2 is 2.05 bits per heavy atom. The monoisotopic (exact) mass is 348 g/mol. The highest BCUT2D eigenvalue weighted by Crippen LogP contribution is 2.39. The molecule has 1 atom stereocenters. The molecule has 1 amide bonds. The molecule has 3 rings (SSSR count). The first-order chi connectivity index (χ1) is 10.7. The largest absolute Gasteiger partial charge is 0.358 e. The van der Waals surface area contributed by atoms with E-state index in [2.05, 4.69) is 10.3 Å². The van der Waals surface area contributed by atoms with Crippen LogP contribution in [0.5, 0.6) is 0 Å². The lowest BCUT2D eigenvalue weighted by molar-refractivity contribution is -0.120.